The first-order valence-electron chi connectivity index (χ1n) is 4.71. The Morgan fingerprint density at radius 1 is 1.15 bits per heavy atom. The lowest BCUT2D eigenvalue weighted by molar-refractivity contribution is 0.467. The fourth-order valence-electron chi connectivity index (χ4n) is 1.19. The maximum Gasteiger partial charge on any atom is 0.102 e. The highest BCUT2D eigenvalue weighted by molar-refractivity contribution is 5.22. The summed E-state index contributed by atoms with van der Waals surface area (Å²) in [6.45, 7) is 3.03. The van der Waals surface area contributed by atoms with E-state index in [-0.39, 0.29) is 6.67 Å². The van der Waals surface area contributed by atoms with E-state index in [4.69, 9.17) is 0 Å². The van der Waals surface area contributed by atoms with Crippen molar-refractivity contribution in [1.29, 1.82) is 0 Å². The summed E-state index contributed by atoms with van der Waals surface area (Å²) in [5.74, 6) is 0. The third-order valence-corrected chi connectivity index (χ3v) is 2.03. The normalized spacial score (nSPS) is 10.3. The van der Waals surface area contributed by atoms with E-state index < -0.39 is 0 Å². The minimum Gasteiger partial charge on any atom is -0.310 e. The van der Waals surface area contributed by atoms with Gasteiger partial charge in [0.15, 0.2) is 0 Å². The number of nitrogens with one attached hydrogen (secondary N) is 1. The molecular formula is C11H16FN. The quantitative estimate of drug-likeness (QED) is 0.687. The number of hydrogen-bond donors (Lipinski definition) is 1. The van der Waals surface area contributed by atoms with Gasteiger partial charge >= 0.3 is 0 Å². The molecule has 1 aromatic rings. The standard InChI is InChI=1S/C11H16FN/c1-2-10-3-5-11(6-4-10)9-13-8-7-12/h3-6,13H,2,7-9H2,1H3. The molecule has 0 saturated heterocycles. The molecule has 0 amide bonds. The van der Waals surface area contributed by atoms with Crippen LogP contribution in [-0.2, 0) is 13.0 Å². The molecule has 0 fully saturated rings. The largest absolute Gasteiger partial charge is 0.310 e. The Morgan fingerprint density at radius 3 is 2.31 bits per heavy atom. The zero-order valence-corrected chi connectivity index (χ0v) is 8.02. The molecule has 0 spiro atoms. The van der Waals surface area contributed by atoms with Crippen molar-refractivity contribution >= 4 is 0 Å². The van der Waals surface area contributed by atoms with E-state index in [0.29, 0.717) is 6.54 Å². The van der Waals surface area contributed by atoms with Crippen LogP contribution in [0.25, 0.3) is 0 Å². The van der Waals surface area contributed by atoms with Gasteiger partial charge in [0.25, 0.3) is 0 Å². The van der Waals surface area contributed by atoms with Gasteiger partial charge in [0.1, 0.15) is 6.67 Å². The Labute approximate surface area is 79.0 Å². The maximum absolute atomic E-state index is 11.8. The minimum atomic E-state index is -0.299. The van der Waals surface area contributed by atoms with Gasteiger partial charge in [-0.25, -0.2) is 4.39 Å². The molecule has 1 aromatic carbocycles. The lowest BCUT2D eigenvalue weighted by Crippen LogP contribution is -2.15. The van der Waals surface area contributed by atoms with Gasteiger partial charge in [-0.3, -0.25) is 0 Å². The zero-order valence-electron chi connectivity index (χ0n) is 8.02. The second kappa shape index (κ2) is 5.70. The van der Waals surface area contributed by atoms with Crippen molar-refractivity contribution in [3.8, 4) is 0 Å². The van der Waals surface area contributed by atoms with Crippen molar-refractivity contribution in [2.75, 3.05) is 13.2 Å². The van der Waals surface area contributed by atoms with Crippen molar-refractivity contribution < 1.29 is 4.39 Å². The smallest absolute Gasteiger partial charge is 0.102 e. The summed E-state index contributed by atoms with van der Waals surface area (Å²) in [7, 11) is 0. The Balaban J connectivity index is 2.40. The van der Waals surface area contributed by atoms with Crippen molar-refractivity contribution in [3.05, 3.63) is 35.4 Å². The average molecular weight is 181 g/mol. The van der Waals surface area contributed by atoms with Crippen molar-refractivity contribution in [2.45, 2.75) is 19.9 Å². The van der Waals surface area contributed by atoms with Crippen LogP contribution < -0.4 is 5.32 Å². The number of benzene rings is 1. The lowest BCUT2D eigenvalue weighted by atomic mass is 10.1. The molecule has 0 bridgehead atoms. The summed E-state index contributed by atoms with van der Waals surface area (Å²) in [4.78, 5) is 0. The van der Waals surface area contributed by atoms with Crippen LogP contribution in [0.5, 0.6) is 0 Å². The molecule has 0 aromatic heterocycles. The summed E-state index contributed by atoms with van der Waals surface area (Å²) in [5, 5.41) is 3.01. The Morgan fingerprint density at radius 2 is 1.77 bits per heavy atom. The summed E-state index contributed by atoms with van der Waals surface area (Å²) >= 11 is 0. The first kappa shape index (κ1) is 10.2. The molecule has 0 saturated carbocycles. The van der Waals surface area contributed by atoms with E-state index in [1.54, 1.807) is 0 Å². The van der Waals surface area contributed by atoms with Gasteiger partial charge in [-0.1, -0.05) is 31.2 Å². The summed E-state index contributed by atoms with van der Waals surface area (Å²) in [6.07, 6.45) is 1.07. The number of hydrogen-bond acceptors (Lipinski definition) is 1. The Kier molecular flexibility index (Phi) is 4.47. The zero-order chi connectivity index (χ0) is 9.52. The molecule has 0 aliphatic rings. The molecule has 0 radical (unpaired) electrons. The average Bonchev–Trinajstić information content (AvgIpc) is 2.19. The number of rotatable bonds is 5. The van der Waals surface area contributed by atoms with Gasteiger partial charge in [-0.05, 0) is 17.5 Å². The van der Waals surface area contributed by atoms with Crippen LogP contribution in [0.2, 0.25) is 0 Å². The van der Waals surface area contributed by atoms with Gasteiger partial charge in [-0.15, -0.1) is 0 Å². The van der Waals surface area contributed by atoms with Gasteiger partial charge in [0.05, 0.1) is 0 Å². The Hall–Kier alpha value is -0.890. The van der Waals surface area contributed by atoms with Gasteiger partial charge < -0.3 is 5.32 Å². The summed E-state index contributed by atoms with van der Waals surface area (Å²) in [5.41, 5.74) is 2.56. The van der Waals surface area contributed by atoms with E-state index in [1.165, 1.54) is 11.1 Å². The molecule has 1 N–H and O–H groups in total. The van der Waals surface area contributed by atoms with Crippen LogP contribution in [0.4, 0.5) is 4.39 Å². The molecule has 0 aliphatic heterocycles. The third kappa shape index (κ3) is 3.55. The molecule has 72 valence electrons. The highest BCUT2D eigenvalue weighted by atomic mass is 19.1. The van der Waals surface area contributed by atoms with E-state index in [2.05, 4.69) is 36.5 Å². The van der Waals surface area contributed by atoms with E-state index >= 15 is 0 Å². The van der Waals surface area contributed by atoms with Gasteiger partial charge in [-0.2, -0.15) is 0 Å². The van der Waals surface area contributed by atoms with Crippen LogP contribution in [0.1, 0.15) is 18.1 Å². The van der Waals surface area contributed by atoms with Crippen LogP contribution in [0.3, 0.4) is 0 Å². The topological polar surface area (TPSA) is 12.0 Å². The van der Waals surface area contributed by atoms with E-state index in [1.807, 2.05) is 0 Å². The highest BCUT2D eigenvalue weighted by Gasteiger charge is 1.92. The minimum absolute atomic E-state index is 0.299. The molecule has 13 heavy (non-hydrogen) atoms. The Bertz CT molecular complexity index is 230. The first-order chi connectivity index (χ1) is 6.36. The molecule has 2 heteroatoms. The molecule has 0 aliphatic carbocycles. The van der Waals surface area contributed by atoms with Crippen LogP contribution >= 0.6 is 0 Å². The molecular weight excluding hydrogens is 165 g/mol. The first-order valence-corrected chi connectivity index (χ1v) is 4.71. The van der Waals surface area contributed by atoms with Crippen LogP contribution in [-0.4, -0.2) is 13.2 Å². The van der Waals surface area contributed by atoms with Crippen LogP contribution in [0, 0.1) is 0 Å². The summed E-state index contributed by atoms with van der Waals surface area (Å²) in [6, 6.07) is 8.41. The van der Waals surface area contributed by atoms with Crippen molar-refractivity contribution in [2.24, 2.45) is 0 Å². The second-order valence-electron chi connectivity index (χ2n) is 3.04. The fraction of sp³-hybridized carbons (Fsp3) is 0.455. The monoisotopic (exact) mass is 181 g/mol. The van der Waals surface area contributed by atoms with Crippen molar-refractivity contribution in [1.82, 2.24) is 5.32 Å². The third-order valence-electron chi connectivity index (χ3n) is 2.03. The highest BCUT2D eigenvalue weighted by Crippen LogP contribution is 2.04. The second-order valence-corrected chi connectivity index (χ2v) is 3.04. The van der Waals surface area contributed by atoms with E-state index in [0.717, 1.165) is 13.0 Å². The predicted octanol–water partition coefficient (Wildman–Crippen LogP) is 2.31. The van der Waals surface area contributed by atoms with Gasteiger partial charge in [0.2, 0.25) is 0 Å². The number of aryl methyl sites for hydroxylation is 1. The molecule has 1 rings (SSSR count). The lowest BCUT2D eigenvalue weighted by Gasteiger charge is -2.03. The SMILES string of the molecule is CCc1ccc(CNCCF)cc1. The molecule has 0 unspecified atom stereocenters. The predicted molar refractivity (Wildman–Crippen MR) is 53.5 cm³/mol. The fourth-order valence-corrected chi connectivity index (χ4v) is 1.19. The maximum atomic E-state index is 11.8. The number of halogens is 1. The molecule has 0 heterocycles. The van der Waals surface area contributed by atoms with Gasteiger partial charge in [0, 0.05) is 13.1 Å². The van der Waals surface area contributed by atoms with E-state index in [9.17, 15) is 4.39 Å². The van der Waals surface area contributed by atoms with Crippen molar-refractivity contribution in [3.63, 3.8) is 0 Å². The molecule has 0 atom stereocenters. The molecule has 1 nitrogen and oxygen atoms in total. The number of alkyl halides is 1. The summed E-state index contributed by atoms with van der Waals surface area (Å²) < 4.78 is 11.8. The van der Waals surface area contributed by atoms with Crippen LogP contribution in [0.15, 0.2) is 24.3 Å².